The highest BCUT2D eigenvalue weighted by Crippen LogP contribution is 2.66. The SMILES string of the molecule is O=C(O)NC(CO)CC12CC3CC(CC1C3)C2. The number of rotatable bonds is 4. The highest BCUT2D eigenvalue weighted by Gasteiger charge is 2.57. The maximum Gasteiger partial charge on any atom is 0.404 e. The summed E-state index contributed by atoms with van der Waals surface area (Å²) in [5, 5.41) is 20.5. The Morgan fingerprint density at radius 3 is 2.47 bits per heavy atom. The van der Waals surface area contributed by atoms with E-state index >= 15 is 0 Å². The zero-order valence-corrected chi connectivity index (χ0v) is 10.1. The first-order chi connectivity index (χ1) is 8.11. The van der Waals surface area contributed by atoms with Gasteiger partial charge >= 0.3 is 6.09 Å². The normalized spacial score (nSPS) is 43.9. The topological polar surface area (TPSA) is 69.6 Å². The first-order valence-corrected chi connectivity index (χ1v) is 6.71. The number of carbonyl (C=O) groups is 1. The van der Waals surface area contributed by atoms with Crippen LogP contribution in [-0.2, 0) is 0 Å². The minimum Gasteiger partial charge on any atom is -0.465 e. The van der Waals surface area contributed by atoms with E-state index in [4.69, 9.17) is 5.11 Å². The van der Waals surface area contributed by atoms with Crippen LogP contribution in [0.1, 0.15) is 38.5 Å². The van der Waals surface area contributed by atoms with Crippen molar-refractivity contribution in [3.63, 3.8) is 0 Å². The fourth-order valence-corrected chi connectivity index (χ4v) is 5.12. The molecule has 3 unspecified atom stereocenters. The summed E-state index contributed by atoms with van der Waals surface area (Å²) in [4.78, 5) is 10.7. The molecule has 3 N–H and O–H groups in total. The average Bonchev–Trinajstić information content (AvgIpc) is 2.62. The van der Waals surface area contributed by atoms with Crippen LogP contribution in [0.15, 0.2) is 0 Å². The maximum atomic E-state index is 10.7. The summed E-state index contributed by atoms with van der Waals surface area (Å²) in [6.07, 6.45) is 6.46. The smallest absolute Gasteiger partial charge is 0.404 e. The summed E-state index contributed by atoms with van der Waals surface area (Å²) in [5.74, 6) is 2.57. The van der Waals surface area contributed by atoms with Crippen molar-refractivity contribution in [1.82, 2.24) is 5.32 Å². The number of amides is 1. The molecule has 4 fully saturated rings. The van der Waals surface area contributed by atoms with Gasteiger partial charge in [0.2, 0.25) is 0 Å². The number of aliphatic hydroxyl groups excluding tert-OH is 1. The van der Waals surface area contributed by atoms with Gasteiger partial charge in [-0.15, -0.1) is 0 Å². The van der Waals surface area contributed by atoms with Crippen LogP contribution in [-0.4, -0.2) is 29.0 Å². The zero-order chi connectivity index (χ0) is 12.0. The van der Waals surface area contributed by atoms with Crippen LogP contribution < -0.4 is 5.32 Å². The lowest BCUT2D eigenvalue weighted by Crippen LogP contribution is -2.41. The zero-order valence-electron chi connectivity index (χ0n) is 10.1. The number of nitrogens with one attached hydrogen (secondary N) is 1. The molecule has 4 saturated carbocycles. The molecule has 4 rings (SSSR count). The third-order valence-electron chi connectivity index (χ3n) is 5.36. The Morgan fingerprint density at radius 2 is 1.94 bits per heavy atom. The van der Waals surface area contributed by atoms with Gasteiger partial charge in [0.1, 0.15) is 0 Å². The molecule has 0 saturated heterocycles. The summed E-state index contributed by atoms with van der Waals surface area (Å²) < 4.78 is 0. The van der Waals surface area contributed by atoms with E-state index in [2.05, 4.69) is 5.32 Å². The van der Waals surface area contributed by atoms with Gasteiger partial charge in [-0.05, 0) is 61.7 Å². The van der Waals surface area contributed by atoms with Crippen molar-refractivity contribution in [3.8, 4) is 0 Å². The van der Waals surface area contributed by atoms with Crippen LogP contribution in [0.25, 0.3) is 0 Å². The van der Waals surface area contributed by atoms with Crippen LogP contribution in [0.3, 0.4) is 0 Å². The first kappa shape index (κ1) is 11.3. The number of hydrogen-bond acceptors (Lipinski definition) is 2. The molecule has 3 atom stereocenters. The minimum absolute atomic E-state index is 0.0733. The standard InChI is InChI=1S/C13H21NO3/c15-7-11(14-12(16)17)6-13-4-8-1-9(5-13)3-10(13)2-8/h8-11,14-15H,1-7H2,(H,16,17). The van der Waals surface area contributed by atoms with Crippen molar-refractivity contribution in [2.45, 2.75) is 44.6 Å². The highest BCUT2D eigenvalue weighted by molar-refractivity contribution is 5.64. The quantitative estimate of drug-likeness (QED) is 0.701. The lowest BCUT2D eigenvalue weighted by atomic mass is 9.72. The number of carboxylic acid groups (broad SMARTS) is 1. The monoisotopic (exact) mass is 239 g/mol. The second-order valence-electron chi connectivity index (χ2n) is 6.44. The lowest BCUT2D eigenvalue weighted by Gasteiger charge is -2.35. The van der Waals surface area contributed by atoms with Crippen molar-refractivity contribution < 1.29 is 15.0 Å². The van der Waals surface area contributed by atoms with E-state index in [0.29, 0.717) is 5.41 Å². The third kappa shape index (κ3) is 1.82. The van der Waals surface area contributed by atoms with Crippen molar-refractivity contribution in [2.24, 2.45) is 23.2 Å². The van der Waals surface area contributed by atoms with Crippen LogP contribution in [0, 0.1) is 23.2 Å². The molecular weight excluding hydrogens is 218 g/mol. The van der Waals surface area contributed by atoms with Gasteiger partial charge in [-0.1, -0.05) is 0 Å². The molecule has 17 heavy (non-hydrogen) atoms. The molecule has 0 heterocycles. The number of hydrogen-bond donors (Lipinski definition) is 3. The van der Waals surface area contributed by atoms with Crippen LogP contribution in [0.4, 0.5) is 4.79 Å². The molecule has 0 aromatic heterocycles. The Bertz CT molecular complexity index is 317. The summed E-state index contributed by atoms with van der Waals surface area (Å²) in [7, 11) is 0. The second kappa shape index (κ2) is 3.87. The molecular formula is C13H21NO3. The van der Waals surface area contributed by atoms with Crippen molar-refractivity contribution in [1.29, 1.82) is 0 Å². The van der Waals surface area contributed by atoms with Gasteiger partial charge in [-0.3, -0.25) is 0 Å². The Kier molecular flexibility index (Phi) is 2.58. The van der Waals surface area contributed by atoms with E-state index in [1.807, 2.05) is 0 Å². The Morgan fingerprint density at radius 1 is 1.29 bits per heavy atom. The summed E-state index contributed by atoms with van der Waals surface area (Å²) in [6.45, 7) is -0.0733. The van der Waals surface area contributed by atoms with Gasteiger partial charge in [-0.2, -0.15) is 0 Å². The largest absolute Gasteiger partial charge is 0.465 e. The predicted molar refractivity (Wildman–Crippen MR) is 62.6 cm³/mol. The van der Waals surface area contributed by atoms with Gasteiger partial charge in [0.25, 0.3) is 0 Å². The van der Waals surface area contributed by atoms with Crippen LogP contribution >= 0.6 is 0 Å². The molecule has 1 amide bonds. The molecule has 0 aromatic carbocycles. The summed E-state index contributed by atoms with van der Waals surface area (Å²) in [6, 6.07) is -0.273. The average molecular weight is 239 g/mol. The molecule has 4 bridgehead atoms. The Hall–Kier alpha value is -0.770. The van der Waals surface area contributed by atoms with E-state index in [1.54, 1.807) is 0 Å². The van der Waals surface area contributed by atoms with Crippen molar-refractivity contribution in [3.05, 3.63) is 0 Å². The molecule has 0 aromatic rings. The van der Waals surface area contributed by atoms with Crippen LogP contribution in [0.2, 0.25) is 0 Å². The van der Waals surface area contributed by atoms with Gasteiger partial charge < -0.3 is 15.5 Å². The molecule has 96 valence electrons. The Labute approximate surface area is 101 Å². The van der Waals surface area contributed by atoms with E-state index in [0.717, 1.165) is 24.2 Å². The summed E-state index contributed by atoms with van der Waals surface area (Å²) in [5.41, 5.74) is 0.351. The predicted octanol–water partition coefficient (Wildman–Crippen LogP) is 1.83. The van der Waals surface area contributed by atoms with Crippen molar-refractivity contribution >= 4 is 6.09 Å². The van der Waals surface area contributed by atoms with E-state index < -0.39 is 6.09 Å². The maximum absolute atomic E-state index is 10.7. The molecule has 4 heteroatoms. The lowest BCUT2D eigenvalue weighted by molar-refractivity contribution is 0.125. The molecule has 0 spiro atoms. The fraction of sp³-hybridized carbons (Fsp3) is 0.923. The molecule has 0 aliphatic heterocycles. The molecule has 4 aliphatic rings. The highest BCUT2D eigenvalue weighted by atomic mass is 16.4. The second-order valence-corrected chi connectivity index (χ2v) is 6.44. The minimum atomic E-state index is -1.02. The molecule has 0 radical (unpaired) electrons. The fourth-order valence-electron chi connectivity index (χ4n) is 5.12. The summed E-state index contributed by atoms with van der Waals surface area (Å²) >= 11 is 0. The van der Waals surface area contributed by atoms with E-state index in [1.165, 1.54) is 32.1 Å². The van der Waals surface area contributed by atoms with Gasteiger partial charge in [0.05, 0.1) is 12.6 Å². The van der Waals surface area contributed by atoms with E-state index in [9.17, 15) is 9.90 Å². The number of aliphatic hydroxyl groups is 1. The van der Waals surface area contributed by atoms with Gasteiger partial charge in [0, 0.05) is 0 Å². The van der Waals surface area contributed by atoms with Gasteiger partial charge in [0.15, 0.2) is 0 Å². The third-order valence-corrected chi connectivity index (χ3v) is 5.36. The van der Waals surface area contributed by atoms with Crippen molar-refractivity contribution in [2.75, 3.05) is 6.61 Å². The van der Waals surface area contributed by atoms with Gasteiger partial charge in [-0.25, -0.2) is 4.79 Å². The first-order valence-electron chi connectivity index (χ1n) is 6.71. The molecule has 4 nitrogen and oxygen atoms in total. The van der Waals surface area contributed by atoms with E-state index in [-0.39, 0.29) is 12.6 Å². The van der Waals surface area contributed by atoms with Crippen LogP contribution in [0.5, 0.6) is 0 Å². The Balaban J connectivity index is 1.70. The molecule has 4 aliphatic carbocycles.